The van der Waals surface area contributed by atoms with Crippen LogP contribution in [0.4, 0.5) is 0 Å². The van der Waals surface area contributed by atoms with E-state index in [4.69, 9.17) is 0 Å². The number of nitrogens with one attached hydrogen (secondary N) is 1. The van der Waals surface area contributed by atoms with Crippen molar-refractivity contribution in [3.63, 3.8) is 0 Å². The van der Waals surface area contributed by atoms with Crippen molar-refractivity contribution in [3.8, 4) is 5.75 Å². The smallest absolute Gasteiger partial charge is 0.216 e. The predicted molar refractivity (Wildman–Crippen MR) is 74.8 cm³/mol. The van der Waals surface area contributed by atoms with E-state index in [1.165, 1.54) is 0 Å². The van der Waals surface area contributed by atoms with Gasteiger partial charge < -0.3 is 10.4 Å². The monoisotopic (exact) mass is 262 g/mol. The molecule has 0 radical (unpaired) electrons. The number of amides is 1. The van der Waals surface area contributed by atoms with E-state index in [0.29, 0.717) is 11.7 Å². The van der Waals surface area contributed by atoms with Crippen molar-refractivity contribution in [2.45, 2.75) is 26.3 Å². The van der Waals surface area contributed by atoms with Gasteiger partial charge >= 0.3 is 0 Å². The van der Waals surface area contributed by atoms with Crippen molar-refractivity contribution in [1.82, 2.24) is 10.2 Å². The molecule has 0 spiro atoms. The Morgan fingerprint density at radius 3 is 2.68 bits per heavy atom. The van der Waals surface area contributed by atoms with Crippen LogP contribution in [0.25, 0.3) is 0 Å². The average Bonchev–Trinajstić information content (AvgIpc) is 2.40. The van der Waals surface area contributed by atoms with Crippen molar-refractivity contribution in [2.24, 2.45) is 5.92 Å². The SMILES string of the molecule is CC(=O)NCC1CCN(Cc2ccccc2O)CC1. The first-order chi connectivity index (χ1) is 9.15. The Morgan fingerprint density at radius 1 is 1.37 bits per heavy atom. The third-order valence-corrected chi connectivity index (χ3v) is 3.73. The molecule has 19 heavy (non-hydrogen) atoms. The van der Waals surface area contributed by atoms with Crippen LogP contribution < -0.4 is 5.32 Å². The third kappa shape index (κ3) is 4.24. The highest BCUT2D eigenvalue weighted by molar-refractivity contribution is 5.72. The summed E-state index contributed by atoms with van der Waals surface area (Å²) in [5, 5.41) is 12.7. The van der Waals surface area contributed by atoms with Gasteiger partial charge in [0.1, 0.15) is 5.75 Å². The number of nitrogens with zero attached hydrogens (tertiary/aromatic N) is 1. The van der Waals surface area contributed by atoms with Crippen LogP contribution in [0.3, 0.4) is 0 Å². The molecular formula is C15H22N2O2. The molecule has 1 saturated heterocycles. The van der Waals surface area contributed by atoms with Crippen LogP contribution in [0.1, 0.15) is 25.3 Å². The minimum absolute atomic E-state index is 0.0524. The van der Waals surface area contributed by atoms with E-state index < -0.39 is 0 Å². The summed E-state index contributed by atoms with van der Waals surface area (Å²) >= 11 is 0. The Kier molecular flexibility index (Phi) is 4.80. The first-order valence-electron chi connectivity index (χ1n) is 6.89. The summed E-state index contributed by atoms with van der Waals surface area (Å²) in [6.07, 6.45) is 2.21. The van der Waals surface area contributed by atoms with Gasteiger partial charge in [-0.2, -0.15) is 0 Å². The lowest BCUT2D eigenvalue weighted by molar-refractivity contribution is -0.119. The largest absolute Gasteiger partial charge is 0.508 e. The zero-order chi connectivity index (χ0) is 13.7. The van der Waals surface area contributed by atoms with Gasteiger partial charge in [-0.1, -0.05) is 18.2 Å². The molecule has 2 N–H and O–H groups in total. The number of carbonyl (C=O) groups is 1. The maximum absolute atomic E-state index is 10.9. The number of rotatable bonds is 4. The molecule has 2 rings (SSSR count). The molecule has 1 aromatic rings. The van der Waals surface area contributed by atoms with Crippen LogP contribution in [0.5, 0.6) is 5.75 Å². The number of phenolic OH excluding ortho intramolecular Hbond substituents is 1. The summed E-state index contributed by atoms with van der Waals surface area (Å²) in [5.41, 5.74) is 0.989. The zero-order valence-corrected chi connectivity index (χ0v) is 11.4. The Morgan fingerprint density at radius 2 is 2.05 bits per heavy atom. The zero-order valence-electron chi connectivity index (χ0n) is 11.4. The van der Waals surface area contributed by atoms with Crippen molar-refractivity contribution in [3.05, 3.63) is 29.8 Å². The number of likely N-dealkylation sites (tertiary alicyclic amines) is 1. The van der Waals surface area contributed by atoms with Crippen LogP contribution in [-0.4, -0.2) is 35.5 Å². The molecule has 1 amide bonds. The molecule has 4 nitrogen and oxygen atoms in total. The highest BCUT2D eigenvalue weighted by Crippen LogP contribution is 2.22. The summed E-state index contributed by atoms with van der Waals surface area (Å²) < 4.78 is 0. The maximum Gasteiger partial charge on any atom is 0.216 e. The number of hydrogen-bond donors (Lipinski definition) is 2. The number of phenols is 1. The minimum atomic E-state index is 0.0524. The van der Waals surface area contributed by atoms with Gasteiger partial charge in [-0.3, -0.25) is 9.69 Å². The molecule has 1 fully saturated rings. The van der Waals surface area contributed by atoms with Gasteiger partial charge in [-0.05, 0) is 37.9 Å². The summed E-state index contributed by atoms with van der Waals surface area (Å²) in [4.78, 5) is 13.2. The Balaban J connectivity index is 1.77. The molecule has 0 bridgehead atoms. The van der Waals surface area contributed by atoms with Gasteiger partial charge in [-0.25, -0.2) is 0 Å². The molecule has 0 unspecified atom stereocenters. The Bertz CT molecular complexity index is 426. The van der Waals surface area contributed by atoms with Crippen LogP contribution in [-0.2, 0) is 11.3 Å². The van der Waals surface area contributed by atoms with Crippen molar-refractivity contribution in [2.75, 3.05) is 19.6 Å². The Labute approximate surface area is 114 Å². The first kappa shape index (κ1) is 13.9. The lowest BCUT2D eigenvalue weighted by atomic mass is 9.96. The van der Waals surface area contributed by atoms with Crippen LogP contribution in [0, 0.1) is 5.92 Å². The van der Waals surface area contributed by atoms with E-state index in [1.807, 2.05) is 18.2 Å². The average molecular weight is 262 g/mol. The number of carbonyl (C=O) groups excluding carboxylic acids is 1. The van der Waals surface area contributed by atoms with Crippen molar-refractivity contribution >= 4 is 5.91 Å². The van der Waals surface area contributed by atoms with E-state index in [-0.39, 0.29) is 5.91 Å². The third-order valence-electron chi connectivity index (χ3n) is 3.73. The Hall–Kier alpha value is -1.55. The second kappa shape index (κ2) is 6.57. The highest BCUT2D eigenvalue weighted by Gasteiger charge is 2.19. The predicted octanol–water partition coefficient (Wildman–Crippen LogP) is 1.74. The van der Waals surface area contributed by atoms with E-state index in [0.717, 1.165) is 44.6 Å². The fourth-order valence-corrected chi connectivity index (χ4v) is 2.52. The second-order valence-electron chi connectivity index (χ2n) is 5.29. The second-order valence-corrected chi connectivity index (χ2v) is 5.29. The summed E-state index contributed by atoms with van der Waals surface area (Å²) in [6, 6.07) is 7.51. The molecule has 1 heterocycles. The topological polar surface area (TPSA) is 52.6 Å². The molecule has 104 valence electrons. The normalized spacial score (nSPS) is 17.3. The number of hydrogen-bond acceptors (Lipinski definition) is 3. The molecule has 0 atom stereocenters. The minimum Gasteiger partial charge on any atom is -0.508 e. The molecule has 0 aromatic heterocycles. The summed E-state index contributed by atoms with van der Waals surface area (Å²) in [6.45, 7) is 5.21. The van der Waals surface area contributed by atoms with Gasteiger partial charge in [-0.15, -0.1) is 0 Å². The van der Waals surface area contributed by atoms with Crippen molar-refractivity contribution < 1.29 is 9.90 Å². The van der Waals surface area contributed by atoms with E-state index in [1.54, 1.807) is 13.0 Å². The van der Waals surface area contributed by atoms with Crippen LogP contribution in [0.15, 0.2) is 24.3 Å². The van der Waals surface area contributed by atoms with Crippen molar-refractivity contribution in [1.29, 1.82) is 0 Å². The van der Waals surface area contributed by atoms with Crippen LogP contribution in [0.2, 0.25) is 0 Å². The lowest BCUT2D eigenvalue weighted by Crippen LogP contribution is -2.37. The maximum atomic E-state index is 10.9. The van der Waals surface area contributed by atoms with Gasteiger partial charge in [0, 0.05) is 25.6 Å². The van der Waals surface area contributed by atoms with E-state index in [2.05, 4.69) is 10.2 Å². The first-order valence-corrected chi connectivity index (χ1v) is 6.89. The van der Waals surface area contributed by atoms with E-state index >= 15 is 0 Å². The van der Waals surface area contributed by atoms with E-state index in [9.17, 15) is 9.90 Å². The standard InChI is InChI=1S/C15H22N2O2/c1-12(18)16-10-13-6-8-17(9-7-13)11-14-4-2-3-5-15(14)19/h2-5,13,19H,6-11H2,1H3,(H,16,18). The molecular weight excluding hydrogens is 240 g/mol. The van der Waals surface area contributed by atoms with Gasteiger partial charge in [0.15, 0.2) is 0 Å². The van der Waals surface area contributed by atoms with Crippen LogP contribution >= 0.6 is 0 Å². The van der Waals surface area contributed by atoms with Gasteiger partial charge in [0.05, 0.1) is 0 Å². The number of piperidine rings is 1. The fourth-order valence-electron chi connectivity index (χ4n) is 2.52. The molecule has 4 heteroatoms. The summed E-state index contributed by atoms with van der Waals surface area (Å²) in [7, 11) is 0. The molecule has 0 aliphatic carbocycles. The fraction of sp³-hybridized carbons (Fsp3) is 0.533. The molecule has 1 aliphatic rings. The molecule has 1 aliphatic heterocycles. The molecule has 1 aromatic carbocycles. The highest BCUT2D eigenvalue weighted by atomic mass is 16.3. The van der Waals surface area contributed by atoms with Gasteiger partial charge in [0.2, 0.25) is 5.91 Å². The summed E-state index contributed by atoms with van der Waals surface area (Å²) in [5.74, 6) is 1.02. The molecule has 0 saturated carbocycles. The number of benzene rings is 1. The number of aromatic hydroxyl groups is 1. The lowest BCUT2D eigenvalue weighted by Gasteiger charge is -2.32. The number of para-hydroxylation sites is 1. The quantitative estimate of drug-likeness (QED) is 0.869. The van der Waals surface area contributed by atoms with Gasteiger partial charge in [0.25, 0.3) is 0 Å².